The molecule has 0 fully saturated rings. The van der Waals surface area contributed by atoms with Crippen LogP contribution in [-0.4, -0.2) is 5.88 Å². The zero-order chi connectivity index (χ0) is 11.3. The predicted octanol–water partition coefficient (Wildman–Crippen LogP) is 3.81. The van der Waals surface area contributed by atoms with Crippen molar-refractivity contribution in [1.29, 1.82) is 0 Å². The number of halogens is 2. The van der Waals surface area contributed by atoms with Crippen LogP contribution in [-0.2, 0) is 0 Å². The van der Waals surface area contributed by atoms with E-state index in [0.29, 0.717) is 11.4 Å². The molecule has 0 N–H and O–H groups in total. The molecule has 0 heterocycles. The maximum absolute atomic E-state index is 13.1. The van der Waals surface area contributed by atoms with Gasteiger partial charge >= 0.3 is 0 Å². The molecule has 2 heteroatoms. The van der Waals surface area contributed by atoms with Crippen LogP contribution in [0.4, 0.5) is 4.39 Å². The molecule has 0 amide bonds. The third kappa shape index (κ3) is 3.57. The van der Waals surface area contributed by atoms with Gasteiger partial charge in [-0.15, -0.1) is 11.6 Å². The second kappa shape index (κ2) is 5.78. The van der Waals surface area contributed by atoms with Gasteiger partial charge in [0, 0.05) is 17.9 Å². The van der Waals surface area contributed by atoms with Gasteiger partial charge in [0.05, 0.1) is 0 Å². The smallest absolute Gasteiger partial charge is 0.126 e. The highest BCUT2D eigenvalue weighted by atomic mass is 35.5. The SMILES string of the molecule is Cc1cc(C#CCCCCl)c(C)cc1F. The Labute approximate surface area is 95.5 Å². The molecular formula is C13H14ClF. The number of benzene rings is 1. The Morgan fingerprint density at radius 1 is 1.27 bits per heavy atom. The van der Waals surface area contributed by atoms with Gasteiger partial charge in [-0.2, -0.15) is 0 Å². The number of alkyl halides is 1. The largest absolute Gasteiger partial charge is 0.207 e. The molecule has 0 spiro atoms. The molecule has 0 saturated carbocycles. The van der Waals surface area contributed by atoms with Gasteiger partial charge in [0.15, 0.2) is 0 Å². The lowest BCUT2D eigenvalue weighted by atomic mass is 10.1. The van der Waals surface area contributed by atoms with Crippen molar-refractivity contribution < 1.29 is 4.39 Å². The lowest BCUT2D eigenvalue weighted by Crippen LogP contribution is -1.89. The molecule has 0 bridgehead atoms. The number of hydrogen-bond acceptors (Lipinski definition) is 0. The topological polar surface area (TPSA) is 0 Å². The van der Waals surface area contributed by atoms with E-state index in [1.807, 2.05) is 6.92 Å². The van der Waals surface area contributed by atoms with E-state index in [1.165, 1.54) is 6.07 Å². The van der Waals surface area contributed by atoms with Crippen molar-refractivity contribution in [1.82, 2.24) is 0 Å². The molecule has 0 aromatic heterocycles. The summed E-state index contributed by atoms with van der Waals surface area (Å²) in [7, 11) is 0. The lowest BCUT2D eigenvalue weighted by Gasteiger charge is -2.01. The van der Waals surface area contributed by atoms with Crippen LogP contribution in [0.5, 0.6) is 0 Å². The average Bonchev–Trinajstić information content (AvgIpc) is 2.20. The van der Waals surface area contributed by atoms with Crippen molar-refractivity contribution in [3.8, 4) is 11.8 Å². The molecular weight excluding hydrogens is 211 g/mol. The van der Waals surface area contributed by atoms with Crippen LogP contribution >= 0.6 is 11.6 Å². The van der Waals surface area contributed by atoms with E-state index in [4.69, 9.17) is 11.6 Å². The van der Waals surface area contributed by atoms with Crippen LogP contribution in [0.2, 0.25) is 0 Å². The molecule has 0 aliphatic carbocycles. The van der Waals surface area contributed by atoms with Crippen molar-refractivity contribution >= 4 is 11.6 Å². The Hall–Kier alpha value is -1.00. The van der Waals surface area contributed by atoms with Crippen LogP contribution in [0.15, 0.2) is 12.1 Å². The maximum Gasteiger partial charge on any atom is 0.126 e. The monoisotopic (exact) mass is 224 g/mol. The summed E-state index contributed by atoms with van der Waals surface area (Å²) in [5, 5.41) is 0. The first kappa shape index (κ1) is 12.1. The number of aryl methyl sites for hydroxylation is 2. The molecule has 0 nitrogen and oxygen atoms in total. The second-order valence-corrected chi connectivity index (χ2v) is 3.89. The minimum absolute atomic E-state index is 0.168. The van der Waals surface area contributed by atoms with Gasteiger partial charge < -0.3 is 0 Å². The molecule has 0 atom stereocenters. The molecule has 1 aromatic carbocycles. The van der Waals surface area contributed by atoms with Crippen LogP contribution in [0, 0.1) is 31.5 Å². The van der Waals surface area contributed by atoms with Gasteiger partial charge in [0.25, 0.3) is 0 Å². The number of hydrogen-bond donors (Lipinski definition) is 0. The Morgan fingerprint density at radius 3 is 2.67 bits per heavy atom. The third-order valence-corrected chi connectivity index (χ3v) is 2.43. The van der Waals surface area contributed by atoms with Crippen LogP contribution in [0.25, 0.3) is 0 Å². The number of rotatable bonds is 2. The first-order chi connectivity index (χ1) is 7.15. The summed E-state index contributed by atoms with van der Waals surface area (Å²) in [6.07, 6.45) is 1.69. The van der Waals surface area contributed by atoms with Gasteiger partial charge in [0.2, 0.25) is 0 Å². The molecule has 0 radical (unpaired) electrons. The highest BCUT2D eigenvalue weighted by Gasteiger charge is 2.01. The van der Waals surface area contributed by atoms with Gasteiger partial charge in [-0.1, -0.05) is 11.8 Å². The fourth-order valence-corrected chi connectivity index (χ4v) is 1.36. The lowest BCUT2D eigenvalue weighted by molar-refractivity contribution is 0.617. The molecule has 0 unspecified atom stereocenters. The van der Waals surface area contributed by atoms with Crippen molar-refractivity contribution in [2.24, 2.45) is 0 Å². The summed E-state index contributed by atoms with van der Waals surface area (Å²) in [6, 6.07) is 3.32. The summed E-state index contributed by atoms with van der Waals surface area (Å²) >= 11 is 5.54. The van der Waals surface area contributed by atoms with Gasteiger partial charge in [-0.25, -0.2) is 4.39 Å². The summed E-state index contributed by atoms with van der Waals surface area (Å²) in [5.74, 6) is 6.54. The van der Waals surface area contributed by atoms with Crippen LogP contribution < -0.4 is 0 Å². The molecule has 0 saturated heterocycles. The van der Waals surface area contributed by atoms with Crippen molar-refractivity contribution in [3.63, 3.8) is 0 Å². The van der Waals surface area contributed by atoms with Gasteiger partial charge in [-0.3, -0.25) is 0 Å². The third-order valence-electron chi connectivity index (χ3n) is 2.16. The zero-order valence-electron chi connectivity index (χ0n) is 9.03. The van der Waals surface area contributed by atoms with Crippen molar-refractivity contribution in [3.05, 3.63) is 34.6 Å². The highest BCUT2D eigenvalue weighted by Crippen LogP contribution is 2.13. The Kier molecular flexibility index (Phi) is 4.65. The van der Waals surface area contributed by atoms with Crippen LogP contribution in [0.1, 0.15) is 29.5 Å². The fourth-order valence-electron chi connectivity index (χ4n) is 1.23. The van der Waals surface area contributed by atoms with Crippen molar-refractivity contribution in [2.45, 2.75) is 26.7 Å². The van der Waals surface area contributed by atoms with Gasteiger partial charge in [-0.05, 0) is 43.5 Å². The Balaban J connectivity index is 2.84. The summed E-state index contributed by atoms with van der Waals surface area (Å²) in [4.78, 5) is 0. The van der Waals surface area contributed by atoms with E-state index < -0.39 is 0 Å². The number of unbranched alkanes of at least 4 members (excludes halogenated alkanes) is 1. The fraction of sp³-hybridized carbons (Fsp3) is 0.385. The van der Waals surface area contributed by atoms with E-state index in [0.717, 1.165) is 24.0 Å². The molecule has 80 valence electrons. The second-order valence-electron chi connectivity index (χ2n) is 3.51. The minimum Gasteiger partial charge on any atom is -0.207 e. The zero-order valence-corrected chi connectivity index (χ0v) is 9.79. The normalized spacial score (nSPS) is 9.60. The van der Waals surface area contributed by atoms with E-state index >= 15 is 0 Å². The minimum atomic E-state index is -0.168. The Bertz CT molecular complexity index is 399. The first-order valence-corrected chi connectivity index (χ1v) is 5.50. The quantitative estimate of drug-likeness (QED) is 0.407. The standard InChI is InChI=1S/C13H14ClF/c1-10-9-13(15)11(2)8-12(10)6-4-3-5-7-14/h8-9H,3,5,7H2,1-2H3. The van der Waals surface area contributed by atoms with E-state index in [2.05, 4.69) is 11.8 Å². The highest BCUT2D eigenvalue weighted by molar-refractivity contribution is 6.17. The molecule has 0 aliphatic heterocycles. The molecule has 0 aliphatic rings. The summed E-state index contributed by atoms with van der Waals surface area (Å²) < 4.78 is 13.1. The predicted molar refractivity (Wildman–Crippen MR) is 62.7 cm³/mol. The molecule has 15 heavy (non-hydrogen) atoms. The summed E-state index contributed by atoms with van der Waals surface area (Å²) in [5.41, 5.74) is 2.43. The van der Waals surface area contributed by atoms with Crippen LogP contribution in [0.3, 0.4) is 0 Å². The van der Waals surface area contributed by atoms with E-state index in [9.17, 15) is 4.39 Å². The molecule has 1 aromatic rings. The van der Waals surface area contributed by atoms with E-state index in [1.54, 1.807) is 13.0 Å². The average molecular weight is 225 g/mol. The van der Waals surface area contributed by atoms with Crippen molar-refractivity contribution in [2.75, 3.05) is 5.88 Å². The maximum atomic E-state index is 13.1. The van der Waals surface area contributed by atoms with E-state index in [-0.39, 0.29) is 5.82 Å². The molecule has 1 rings (SSSR count). The Morgan fingerprint density at radius 2 is 2.00 bits per heavy atom. The summed E-state index contributed by atoms with van der Waals surface area (Å²) in [6.45, 7) is 3.62. The van der Waals surface area contributed by atoms with Gasteiger partial charge in [0.1, 0.15) is 5.82 Å². The first-order valence-electron chi connectivity index (χ1n) is 4.96.